The molecule has 5 rings (SSSR count). The van der Waals surface area contributed by atoms with Crippen LogP contribution in [0.3, 0.4) is 0 Å². The van der Waals surface area contributed by atoms with Crippen LogP contribution in [0.25, 0.3) is 10.9 Å². The van der Waals surface area contributed by atoms with Gasteiger partial charge in [0.05, 0.1) is 12.6 Å². The zero-order valence-electron chi connectivity index (χ0n) is 18.6. The number of ether oxygens (including phenoxy) is 2. The van der Waals surface area contributed by atoms with Crippen LogP contribution in [0.4, 0.5) is 0 Å². The van der Waals surface area contributed by atoms with Crippen molar-refractivity contribution in [1.29, 1.82) is 0 Å². The van der Waals surface area contributed by atoms with Crippen molar-refractivity contribution in [3.05, 3.63) is 64.8 Å². The van der Waals surface area contributed by atoms with E-state index >= 15 is 0 Å². The van der Waals surface area contributed by atoms with E-state index in [0.717, 1.165) is 53.6 Å². The number of aromatic nitrogens is 1. The van der Waals surface area contributed by atoms with E-state index < -0.39 is 5.91 Å². The molecule has 166 valence electrons. The number of fused-ring (bicyclic) bond motifs is 1. The number of nitrogens with zero attached hydrogens (tertiary/aromatic N) is 1. The molecule has 1 saturated carbocycles. The van der Waals surface area contributed by atoms with Crippen molar-refractivity contribution in [2.45, 2.75) is 44.1 Å². The summed E-state index contributed by atoms with van der Waals surface area (Å²) in [5.74, 6) is 1.05. The van der Waals surface area contributed by atoms with Crippen LogP contribution in [-0.2, 0) is 5.41 Å². The summed E-state index contributed by atoms with van der Waals surface area (Å²) in [5.41, 5.74) is 10.2. The Labute approximate surface area is 188 Å². The monoisotopic (exact) mass is 431 g/mol. The number of carbonyl (C=O) groups excluding carboxylic acids is 1. The van der Waals surface area contributed by atoms with E-state index in [1.807, 2.05) is 19.1 Å². The summed E-state index contributed by atoms with van der Waals surface area (Å²) in [6.45, 7) is 3.60. The molecule has 1 unspecified atom stereocenters. The number of pyridine rings is 1. The molecule has 1 amide bonds. The number of carbonyl (C=O) groups is 1. The minimum absolute atomic E-state index is 0.213. The molecule has 1 aliphatic heterocycles. The first kappa shape index (κ1) is 20.8. The van der Waals surface area contributed by atoms with Gasteiger partial charge in [0, 0.05) is 34.7 Å². The topological polar surface area (TPSA) is 86.5 Å². The largest absolute Gasteiger partial charge is 0.497 e. The molecule has 2 fully saturated rings. The Morgan fingerprint density at radius 2 is 2.03 bits per heavy atom. The molecule has 1 saturated heterocycles. The molecule has 0 radical (unpaired) electrons. The van der Waals surface area contributed by atoms with E-state index in [-0.39, 0.29) is 5.41 Å². The number of rotatable bonds is 7. The smallest absolute Gasteiger partial charge is 0.249 e. The van der Waals surface area contributed by atoms with Gasteiger partial charge in [-0.1, -0.05) is 6.07 Å². The Hall–Kier alpha value is -3.12. The van der Waals surface area contributed by atoms with Crippen LogP contribution >= 0.6 is 0 Å². The first-order valence-electron chi connectivity index (χ1n) is 11.3. The van der Waals surface area contributed by atoms with Crippen LogP contribution in [0.15, 0.2) is 42.6 Å². The number of nitrogens with two attached hydrogens (primary N) is 1. The lowest BCUT2D eigenvalue weighted by atomic mass is 9.81. The van der Waals surface area contributed by atoms with Gasteiger partial charge in [0.2, 0.25) is 5.91 Å². The number of hydrogen-bond acceptors (Lipinski definition) is 5. The number of hydrogen-bond donors (Lipinski definition) is 2. The molecule has 3 aromatic rings. The Morgan fingerprint density at radius 3 is 2.72 bits per heavy atom. The van der Waals surface area contributed by atoms with Crippen molar-refractivity contribution in [3.8, 4) is 11.5 Å². The molecule has 0 spiro atoms. The maximum absolute atomic E-state index is 12.3. The standard InChI is InChI=1S/C26H29N3O3/c1-16-21(25(27)30)11-19(32-15-17-5-3-9-28-17)13-22(16)26(7-8-26)23-12-18(31-2)14-24-20(23)6-4-10-29-24/h4,6,10-14,17,28H,3,5,7-9,15H2,1-2H3,(H2,27,30). The van der Waals surface area contributed by atoms with Gasteiger partial charge in [-0.05, 0) is 80.1 Å². The second-order valence-corrected chi connectivity index (χ2v) is 8.94. The number of primary amides is 1. The van der Waals surface area contributed by atoms with E-state index in [4.69, 9.17) is 15.2 Å². The van der Waals surface area contributed by atoms with E-state index in [9.17, 15) is 4.79 Å². The van der Waals surface area contributed by atoms with Crippen molar-refractivity contribution >= 4 is 16.8 Å². The Bertz CT molecular complexity index is 1180. The van der Waals surface area contributed by atoms with E-state index in [1.54, 1.807) is 19.4 Å². The van der Waals surface area contributed by atoms with Gasteiger partial charge in [0.1, 0.15) is 18.1 Å². The zero-order valence-corrected chi connectivity index (χ0v) is 18.6. The van der Waals surface area contributed by atoms with Crippen LogP contribution < -0.4 is 20.5 Å². The first-order valence-corrected chi connectivity index (χ1v) is 11.3. The van der Waals surface area contributed by atoms with Crippen LogP contribution in [0.1, 0.15) is 52.7 Å². The maximum Gasteiger partial charge on any atom is 0.249 e. The van der Waals surface area contributed by atoms with Gasteiger partial charge in [0.25, 0.3) is 0 Å². The van der Waals surface area contributed by atoms with Crippen molar-refractivity contribution in [2.24, 2.45) is 5.73 Å². The lowest BCUT2D eigenvalue weighted by Gasteiger charge is -2.24. The fraction of sp³-hybridized carbons (Fsp3) is 0.385. The number of benzene rings is 2. The third-order valence-corrected chi connectivity index (χ3v) is 6.97. The van der Waals surface area contributed by atoms with Crippen LogP contribution in [-0.4, -0.2) is 37.2 Å². The Balaban J connectivity index is 1.62. The zero-order chi connectivity index (χ0) is 22.3. The molecule has 0 bridgehead atoms. The minimum Gasteiger partial charge on any atom is -0.497 e. The predicted molar refractivity (Wildman–Crippen MR) is 125 cm³/mol. The number of amides is 1. The van der Waals surface area contributed by atoms with Crippen molar-refractivity contribution in [3.63, 3.8) is 0 Å². The van der Waals surface area contributed by atoms with Crippen LogP contribution in [0.2, 0.25) is 0 Å². The second-order valence-electron chi connectivity index (χ2n) is 8.94. The second kappa shape index (κ2) is 8.10. The van der Waals surface area contributed by atoms with E-state index in [0.29, 0.717) is 24.0 Å². The summed E-state index contributed by atoms with van der Waals surface area (Å²) in [5, 5.41) is 4.56. The lowest BCUT2D eigenvalue weighted by molar-refractivity contribution is 0.0999. The highest BCUT2D eigenvalue weighted by Crippen LogP contribution is 2.57. The van der Waals surface area contributed by atoms with Crippen molar-refractivity contribution < 1.29 is 14.3 Å². The molecule has 1 atom stereocenters. The maximum atomic E-state index is 12.3. The molecule has 32 heavy (non-hydrogen) atoms. The molecule has 1 aromatic heterocycles. The summed E-state index contributed by atoms with van der Waals surface area (Å²) in [6.07, 6.45) is 6.04. The SMILES string of the molecule is COc1cc(C2(c3cc(OCC4CCCN4)cc(C(N)=O)c3C)CC2)c2cccnc2c1. The molecule has 6 nitrogen and oxygen atoms in total. The normalized spacial score (nSPS) is 19.1. The van der Waals surface area contributed by atoms with Gasteiger partial charge < -0.3 is 20.5 Å². The molecule has 2 aromatic carbocycles. The molecular formula is C26H29N3O3. The fourth-order valence-electron chi connectivity index (χ4n) is 5.10. The highest BCUT2D eigenvalue weighted by molar-refractivity contribution is 5.95. The summed E-state index contributed by atoms with van der Waals surface area (Å²) in [7, 11) is 1.68. The summed E-state index contributed by atoms with van der Waals surface area (Å²) in [6, 6.07) is 12.4. The van der Waals surface area contributed by atoms with Crippen molar-refractivity contribution in [2.75, 3.05) is 20.3 Å². The average molecular weight is 432 g/mol. The molecule has 2 heterocycles. The van der Waals surface area contributed by atoms with Crippen LogP contribution in [0.5, 0.6) is 11.5 Å². The van der Waals surface area contributed by atoms with Crippen LogP contribution in [0, 0.1) is 6.92 Å². The third kappa shape index (κ3) is 3.58. The third-order valence-electron chi connectivity index (χ3n) is 6.97. The number of nitrogens with one attached hydrogen (secondary N) is 1. The number of methoxy groups -OCH3 is 1. The Kier molecular flexibility index (Phi) is 5.25. The predicted octanol–water partition coefficient (Wildman–Crippen LogP) is 3.86. The van der Waals surface area contributed by atoms with Gasteiger partial charge in [-0.25, -0.2) is 0 Å². The molecule has 3 N–H and O–H groups in total. The highest BCUT2D eigenvalue weighted by Gasteiger charge is 2.48. The quantitative estimate of drug-likeness (QED) is 0.593. The molecule has 2 aliphatic rings. The summed E-state index contributed by atoms with van der Waals surface area (Å²) >= 11 is 0. The van der Waals surface area contributed by atoms with Crippen molar-refractivity contribution in [1.82, 2.24) is 10.3 Å². The minimum atomic E-state index is -0.429. The Morgan fingerprint density at radius 1 is 1.22 bits per heavy atom. The molecular weight excluding hydrogens is 402 g/mol. The van der Waals surface area contributed by atoms with Gasteiger partial charge in [-0.15, -0.1) is 0 Å². The molecule has 6 heteroatoms. The summed E-state index contributed by atoms with van der Waals surface area (Å²) in [4.78, 5) is 16.9. The lowest BCUT2D eigenvalue weighted by Crippen LogP contribution is -2.28. The van der Waals surface area contributed by atoms with Gasteiger partial charge in [-0.3, -0.25) is 9.78 Å². The molecule has 1 aliphatic carbocycles. The fourth-order valence-corrected chi connectivity index (χ4v) is 5.10. The summed E-state index contributed by atoms with van der Waals surface area (Å²) < 4.78 is 11.7. The van der Waals surface area contributed by atoms with Gasteiger partial charge in [-0.2, -0.15) is 0 Å². The van der Waals surface area contributed by atoms with E-state index in [2.05, 4.69) is 28.5 Å². The average Bonchev–Trinajstić information content (AvgIpc) is 3.43. The van der Waals surface area contributed by atoms with Gasteiger partial charge in [0.15, 0.2) is 0 Å². The first-order chi connectivity index (χ1) is 15.5. The van der Waals surface area contributed by atoms with E-state index in [1.165, 1.54) is 12.0 Å². The highest BCUT2D eigenvalue weighted by atomic mass is 16.5. The van der Waals surface area contributed by atoms with Gasteiger partial charge >= 0.3 is 0 Å².